The summed E-state index contributed by atoms with van der Waals surface area (Å²) in [4.78, 5) is 12.0. The first-order valence-corrected chi connectivity index (χ1v) is 6.64. The third-order valence-electron chi connectivity index (χ3n) is 3.00. The highest BCUT2D eigenvalue weighted by molar-refractivity contribution is 5.95. The minimum atomic E-state index is -0.435. The topological polar surface area (TPSA) is 70.6 Å². The molecule has 0 aromatic heterocycles. The molecule has 2 atom stereocenters. The number of rotatable bonds is 5. The van der Waals surface area contributed by atoms with Crippen LogP contribution in [0.15, 0.2) is 24.3 Å². The number of nitrogens with one attached hydrogen (secondary N) is 2. The van der Waals surface area contributed by atoms with E-state index in [1.807, 2.05) is 25.1 Å². The Labute approximate surface area is 113 Å². The highest BCUT2D eigenvalue weighted by Gasteiger charge is 2.27. The number of anilines is 1. The van der Waals surface area contributed by atoms with Crippen LogP contribution in [0.5, 0.6) is 5.75 Å². The highest BCUT2D eigenvalue weighted by atomic mass is 16.5. The van der Waals surface area contributed by atoms with Crippen molar-refractivity contribution in [3.05, 3.63) is 24.3 Å². The van der Waals surface area contributed by atoms with Gasteiger partial charge in [0.05, 0.1) is 18.8 Å². The van der Waals surface area contributed by atoms with E-state index in [1.54, 1.807) is 6.07 Å². The zero-order chi connectivity index (χ0) is 13.7. The number of hydrogen-bond acceptors (Lipinski definition) is 4. The van der Waals surface area contributed by atoms with E-state index in [-0.39, 0.29) is 11.9 Å². The summed E-state index contributed by atoms with van der Waals surface area (Å²) in [6.07, 6.45) is 0.966. The third-order valence-corrected chi connectivity index (χ3v) is 3.00. The van der Waals surface area contributed by atoms with Gasteiger partial charge in [-0.2, -0.15) is 0 Å². The standard InChI is InChI=1S/C14H20N2O3/c1-2-6-19-12-5-3-4-10(7-12)16-14(18)13-8-11(17)9-15-13/h3-5,7,11,13,15,17H,2,6,8-9H2,1H3,(H,16,18). The Kier molecular flexibility index (Phi) is 4.76. The summed E-state index contributed by atoms with van der Waals surface area (Å²) >= 11 is 0. The van der Waals surface area contributed by atoms with E-state index in [9.17, 15) is 9.90 Å². The molecule has 1 aromatic carbocycles. The Morgan fingerprint density at radius 2 is 2.42 bits per heavy atom. The Morgan fingerprint density at radius 3 is 3.11 bits per heavy atom. The molecule has 3 N–H and O–H groups in total. The lowest BCUT2D eigenvalue weighted by molar-refractivity contribution is -0.117. The second-order valence-corrected chi connectivity index (χ2v) is 4.72. The van der Waals surface area contributed by atoms with E-state index < -0.39 is 6.10 Å². The molecular formula is C14H20N2O3. The first-order valence-electron chi connectivity index (χ1n) is 6.64. The predicted octanol–water partition coefficient (Wildman–Crippen LogP) is 1.14. The molecule has 1 saturated heterocycles. The predicted molar refractivity (Wildman–Crippen MR) is 73.3 cm³/mol. The maximum absolute atomic E-state index is 12.0. The quantitative estimate of drug-likeness (QED) is 0.746. The smallest absolute Gasteiger partial charge is 0.241 e. The van der Waals surface area contributed by atoms with Crippen LogP contribution < -0.4 is 15.4 Å². The summed E-state index contributed by atoms with van der Waals surface area (Å²) in [6, 6.07) is 7.01. The van der Waals surface area contributed by atoms with Crippen molar-refractivity contribution in [1.82, 2.24) is 5.32 Å². The first-order chi connectivity index (χ1) is 9.19. The number of carbonyl (C=O) groups is 1. The lowest BCUT2D eigenvalue weighted by atomic mass is 10.2. The number of aliphatic hydroxyl groups is 1. The molecule has 19 heavy (non-hydrogen) atoms. The van der Waals surface area contributed by atoms with Crippen LogP contribution in [0.2, 0.25) is 0 Å². The Balaban J connectivity index is 1.93. The number of amides is 1. The average Bonchev–Trinajstić information content (AvgIpc) is 2.83. The molecule has 0 spiro atoms. The van der Waals surface area contributed by atoms with Crippen molar-refractivity contribution in [3.8, 4) is 5.75 Å². The van der Waals surface area contributed by atoms with Crippen LogP contribution in [0.1, 0.15) is 19.8 Å². The van der Waals surface area contributed by atoms with Crippen molar-refractivity contribution < 1.29 is 14.6 Å². The number of ether oxygens (including phenoxy) is 1. The molecule has 104 valence electrons. The van der Waals surface area contributed by atoms with Crippen molar-refractivity contribution in [2.75, 3.05) is 18.5 Å². The Hall–Kier alpha value is -1.59. The summed E-state index contributed by atoms with van der Waals surface area (Å²) < 4.78 is 5.51. The monoisotopic (exact) mass is 264 g/mol. The molecule has 1 aliphatic rings. The molecule has 5 nitrogen and oxygen atoms in total. The fourth-order valence-corrected chi connectivity index (χ4v) is 2.03. The van der Waals surface area contributed by atoms with E-state index in [0.29, 0.717) is 25.3 Å². The number of carbonyl (C=O) groups excluding carboxylic acids is 1. The first kappa shape index (κ1) is 13.8. The molecule has 0 bridgehead atoms. The second kappa shape index (κ2) is 6.54. The van der Waals surface area contributed by atoms with Gasteiger partial charge in [-0.25, -0.2) is 0 Å². The van der Waals surface area contributed by atoms with Crippen LogP contribution in [-0.2, 0) is 4.79 Å². The van der Waals surface area contributed by atoms with Crippen molar-refractivity contribution in [2.24, 2.45) is 0 Å². The molecule has 0 aliphatic carbocycles. The maximum atomic E-state index is 12.0. The SMILES string of the molecule is CCCOc1cccc(NC(=O)C2CC(O)CN2)c1. The van der Waals surface area contributed by atoms with Gasteiger partial charge >= 0.3 is 0 Å². The van der Waals surface area contributed by atoms with Crippen LogP contribution in [0.25, 0.3) is 0 Å². The van der Waals surface area contributed by atoms with Gasteiger partial charge in [0.2, 0.25) is 5.91 Å². The lowest BCUT2D eigenvalue weighted by Gasteiger charge is -2.12. The Bertz CT molecular complexity index is 436. The van der Waals surface area contributed by atoms with Crippen LogP contribution in [0.3, 0.4) is 0 Å². The normalized spacial score (nSPS) is 22.2. The van der Waals surface area contributed by atoms with E-state index in [0.717, 1.165) is 12.2 Å². The van der Waals surface area contributed by atoms with Crippen LogP contribution in [-0.4, -0.2) is 36.3 Å². The van der Waals surface area contributed by atoms with Gasteiger partial charge in [-0.3, -0.25) is 4.79 Å². The largest absolute Gasteiger partial charge is 0.494 e. The van der Waals surface area contributed by atoms with Gasteiger partial charge in [-0.15, -0.1) is 0 Å². The lowest BCUT2D eigenvalue weighted by Crippen LogP contribution is -2.35. The van der Waals surface area contributed by atoms with Gasteiger partial charge in [-0.05, 0) is 25.0 Å². The van der Waals surface area contributed by atoms with Crippen LogP contribution in [0.4, 0.5) is 5.69 Å². The van der Waals surface area contributed by atoms with E-state index in [2.05, 4.69) is 10.6 Å². The number of β-amino-alcohol motifs (C(OH)–C–C–N with tert-alkyl or cyclic N) is 1. The van der Waals surface area contributed by atoms with Crippen molar-refractivity contribution in [1.29, 1.82) is 0 Å². The minimum absolute atomic E-state index is 0.121. The van der Waals surface area contributed by atoms with E-state index in [4.69, 9.17) is 4.74 Å². The van der Waals surface area contributed by atoms with Gasteiger partial charge in [0.25, 0.3) is 0 Å². The molecule has 0 saturated carbocycles. The molecule has 1 fully saturated rings. The third kappa shape index (κ3) is 3.94. The average molecular weight is 264 g/mol. The van der Waals surface area contributed by atoms with Gasteiger partial charge in [0.1, 0.15) is 5.75 Å². The summed E-state index contributed by atoms with van der Waals surface area (Å²) in [5.41, 5.74) is 0.710. The summed E-state index contributed by atoms with van der Waals surface area (Å²) in [7, 11) is 0. The molecule has 1 amide bonds. The number of hydrogen-bond donors (Lipinski definition) is 3. The van der Waals surface area contributed by atoms with E-state index in [1.165, 1.54) is 0 Å². The fourth-order valence-electron chi connectivity index (χ4n) is 2.03. The molecule has 2 unspecified atom stereocenters. The minimum Gasteiger partial charge on any atom is -0.494 e. The van der Waals surface area contributed by atoms with Crippen LogP contribution in [0, 0.1) is 0 Å². The van der Waals surface area contributed by atoms with Crippen molar-refractivity contribution >= 4 is 11.6 Å². The number of benzene rings is 1. The zero-order valence-electron chi connectivity index (χ0n) is 11.1. The summed E-state index contributed by atoms with van der Waals surface area (Å²) in [5, 5.41) is 15.2. The van der Waals surface area contributed by atoms with Gasteiger partial charge in [-0.1, -0.05) is 13.0 Å². The Morgan fingerprint density at radius 1 is 1.58 bits per heavy atom. The van der Waals surface area contributed by atoms with E-state index >= 15 is 0 Å². The summed E-state index contributed by atoms with van der Waals surface area (Å²) in [6.45, 7) is 3.17. The van der Waals surface area contributed by atoms with Crippen molar-refractivity contribution in [3.63, 3.8) is 0 Å². The molecule has 5 heteroatoms. The summed E-state index contributed by atoms with van der Waals surface area (Å²) in [5.74, 6) is 0.628. The molecule has 1 aliphatic heterocycles. The highest BCUT2D eigenvalue weighted by Crippen LogP contribution is 2.18. The molecule has 0 radical (unpaired) electrons. The van der Waals surface area contributed by atoms with Crippen LogP contribution >= 0.6 is 0 Å². The van der Waals surface area contributed by atoms with Gasteiger partial charge in [0, 0.05) is 18.3 Å². The second-order valence-electron chi connectivity index (χ2n) is 4.72. The molecular weight excluding hydrogens is 244 g/mol. The van der Waals surface area contributed by atoms with Gasteiger partial charge in [0.15, 0.2) is 0 Å². The molecule has 2 rings (SSSR count). The molecule has 1 heterocycles. The fraction of sp³-hybridized carbons (Fsp3) is 0.500. The number of aliphatic hydroxyl groups excluding tert-OH is 1. The molecule has 1 aromatic rings. The zero-order valence-corrected chi connectivity index (χ0v) is 11.1. The maximum Gasteiger partial charge on any atom is 0.241 e. The van der Waals surface area contributed by atoms with Crippen molar-refractivity contribution in [2.45, 2.75) is 31.9 Å². The van der Waals surface area contributed by atoms with Gasteiger partial charge < -0.3 is 20.5 Å².